The van der Waals surface area contributed by atoms with Gasteiger partial charge in [0.2, 0.25) is 0 Å². The predicted octanol–water partition coefficient (Wildman–Crippen LogP) is 3.39. The van der Waals surface area contributed by atoms with Gasteiger partial charge in [-0.05, 0) is 34.1 Å². The van der Waals surface area contributed by atoms with Crippen molar-refractivity contribution in [1.82, 2.24) is 9.97 Å². The van der Waals surface area contributed by atoms with Gasteiger partial charge in [0.15, 0.2) is 0 Å². The highest BCUT2D eigenvalue weighted by Gasteiger charge is 2.31. The Hall–Kier alpha value is -2.16. The standard InChI is InChI=1S/C12H7BrF3N3O2/c13-8-5-7(21-12(14,15)16)1-2-9(8)19-11(20)10-6-17-3-4-18-10/h1-6H,(H,19,20). The molecule has 0 bridgehead atoms. The minimum Gasteiger partial charge on any atom is -0.406 e. The van der Waals surface area contributed by atoms with Gasteiger partial charge in [0.05, 0.1) is 11.9 Å². The summed E-state index contributed by atoms with van der Waals surface area (Å²) in [6.45, 7) is 0. The molecular weight excluding hydrogens is 355 g/mol. The molecule has 1 heterocycles. The first-order chi connectivity index (χ1) is 9.85. The second-order valence-electron chi connectivity index (χ2n) is 3.73. The van der Waals surface area contributed by atoms with Crippen molar-refractivity contribution < 1.29 is 22.7 Å². The number of alkyl halides is 3. The summed E-state index contributed by atoms with van der Waals surface area (Å²) in [6.07, 6.45) is -0.742. The van der Waals surface area contributed by atoms with Gasteiger partial charge in [-0.2, -0.15) is 0 Å². The lowest BCUT2D eigenvalue weighted by atomic mass is 10.3. The zero-order chi connectivity index (χ0) is 15.5. The molecule has 110 valence electrons. The zero-order valence-corrected chi connectivity index (χ0v) is 11.8. The number of ether oxygens (including phenoxy) is 1. The average molecular weight is 362 g/mol. The van der Waals surface area contributed by atoms with Gasteiger partial charge in [-0.1, -0.05) is 0 Å². The van der Waals surface area contributed by atoms with Crippen LogP contribution >= 0.6 is 15.9 Å². The van der Waals surface area contributed by atoms with Crippen molar-refractivity contribution in [2.75, 3.05) is 5.32 Å². The molecule has 0 unspecified atom stereocenters. The number of aromatic nitrogens is 2. The summed E-state index contributed by atoms with van der Waals surface area (Å²) in [7, 11) is 0. The highest BCUT2D eigenvalue weighted by Crippen LogP contribution is 2.30. The topological polar surface area (TPSA) is 64.1 Å². The Kier molecular flexibility index (Phi) is 4.41. The second-order valence-corrected chi connectivity index (χ2v) is 4.59. The van der Waals surface area contributed by atoms with E-state index in [2.05, 4.69) is 36.0 Å². The molecule has 5 nitrogen and oxygen atoms in total. The molecule has 0 fully saturated rings. The van der Waals surface area contributed by atoms with Gasteiger partial charge in [-0.25, -0.2) is 4.98 Å². The van der Waals surface area contributed by atoms with Crippen molar-refractivity contribution in [2.24, 2.45) is 0 Å². The molecule has 1 N–H and O–H groups in total. The monoisotopic (exact) mass is 361 g/mol. The first kappa shape index (κ1) is 15.2. The SMILES string of the molecule is O=C(Nc1ccc(OC(F)(F)F)cc1Br)c1cnccn1. The maximum atomic E-state index is 12.1. The fourth-order valence-electron chi connectivity index (χ4n) is 1.40. The fraction of sp³-hybridized carbons (Fsp3) is 0.0833. The Morgan fingerprint density at radius 1 is 1.29 bits per heavy atom. The Labute approximate surface area is 125 Å². The van der Waals surface area contributed by atoms with Crippen LogP contribution < -0.4 is 10.1 Å². The van der Waals surface area contributed by atoms with Crippen LogP contribution in [0.4, 0.5) is 18.9 Å². The van der Waals surface area contributed by atoms with Crippen LogP contribution in [0.2, 0.25) is 0 Å². The molecule has 0 radical (unpaired) electrons. The van der Waals surface area contributed by atoms with Gasteiger partial charge in [0.1, 0.15) is 11.4 Å². The van der Waals surface area contributed by atoms with E-state index < -0.39 is 18.0 Å². The summed E-state index contributed by atoms with van der Waals surface area (Å²) in [6, 6.07) is 3.46. The van der Waals surface area contributed by atoms with Crippen molar-refractivity contribution in [1.29, 1.82) is 0 Å². The van der Waals surface area contributed by atoms with E-state index in [0.717, 1.165) is 12.1 Å². The van der Waals surface area contributed by atoms with E-state index in [9.17, 15) is 18.0 Å². The molecule has 0 aliphatic carbocycles. The molecule has 0 aliphatic heterocycles. The van der Waals surface area contributed by atoms with E-state index in [1.807, 2.05) is 0 Å². The second kappa shape index (κ2) is 6.08. The van der Waals surface area contributed by atoms with Crippen LogP contribution in [0.3, 0.4) is 0 Å². The average Bonchev–Trinajstić information content (AvgIpc) is 2.41. The molecule has 9 heteroatoms. The summed E-state index contributed by atoms with van der Waals surface area (Å²) in [4.78, 5) is 19.4. The van der Waals surface area contributed by atoms with Crippen LogP contribution in [0, 0.1) is 0 Å². The molecular formula is C12H7BrF3N3O2. The molecule has 1 amide bonds. The summed E-state index contributed by atoms with van der Waals surface area (Å²) in [5.41, 5.74) is 0.361. The highest BCUT2D eigenvalue weighted by atomic mass is 79.9. The molecule has 21 heavy (non-hydrogen) atoms. The van der Waals surface area contributed by atoms with E-state index >= 15 is 0 Å². The Bertz CT molecular complexity index is 650. The van der Waals surface area contributed by atoms with Crippen molar-refractivity contribution >= 4 is 27.5 Å². The number of carbonyl (C=O) groups excluding carboxylic acids is 1. The zero-order valence-electron chi connectivity index (χ0n) is 10.2. The molecule has 0 saturated carbocycles. The minimum atomic E-state index is -4.77. The lowest BCUT2D eigenvalue weighted by Crippen LogP contribution is -2.17. The van der Waals surface area contributed by atoms with E-state index in [1.54, 1.807) is 0 Å². The number of halogens is 4. The lowest BCUT2D eigenvalue weighted by Gasteiger charge is -2.11. The van der Waals surface area contributed by atoms with Gasteiger partial charge in [-0.15, -0.1) is 13.2 Å². The van der Waals surface area contributed by atoms with Crippen molar-refractivity contribution in [2.45, 2.75) is 6.36 Å². The van der Waals surface area contributed by atoms with Crippen molar-refractivity contribution in [3.63, 3.8) is 0 Å². The van der Waals surface area contributed by atoms with Crippen molar-refractivity contribution in [3.8, 4) is 5.75 Å². The van der Waals surface area contributed by atoms with Crippen LogP contribution in [0.5, 0.6) is 5.75 Å². The summed E-state index contributed by atoms with van der Waals surface area (Å²) < 4.78 is 40.2. The molecule has 0 spiro atoms. The van der Waals surface area contributed by atoms with Gasteiger partial charge in [0, 0.05) is 16.9 Å². The summed E-state index contributed by atoms with van der Waals surface area (Å²) >= 11 is 3.06. The smallest absolute Gasteiger partial charge is 0.406 e. The summed E-state index contributed by atoms with van der Waals surface area (Å²) in [5.74, 6) is -0.930. The molecule has 0 saturated heterocycles. The number of carbonyl (C=O) groups is 1. The van der Waals surface area contributed by atoms with E-state index in [1.165, 1.54) is 24.7 Å². The number of nitrogens with one attached hydrogen (secondary N) is 1. The Morgan fingerprint density at radius 2 is 2.05 bits per heavy atom. The van der Waals surface area contributed by atoms with Crippen LogP contribution in [0.25, 0.3) is 0 Å². The molecule has 0 aliphatic rings. The van der Waals surface area contributed by atoms with Crippen LogP contribution in [0.15, 0.2) is 41.3 Å². The van der Waals surface area contributed by atoms with Crippen molar-refractivity contribution in [3.05, 3.63) is 47.0 Å². The third-order valence-corrected chi connectivity index (χ3v) is 2.87. The van der Waals surface area contributed by atoms with Gasteiger partial charge >= 0.3 is 6.36 Å². The highest BCUT2D eigenvalue weighted by molar-refractivity contribution is 9.10. The first-order valence-corrected chi connectivity index (χ1v) is 6.27. The number of anilines is 1. The first-order valence-electron chi connectivity index (χ1n) is 5.48. The number of rotatable bonds is 3. The minimum absolute atomic E-state index is 0.0834. The third kappa shape index (κ3) is 4.42. The van der Waals surface area contributed by atoms with E-state index in [4.69, 9.17) is 0 Å². The van der Waals surface area contributed by atoms with Crippen LogP contribution in [0.1, 0.15) is 10.5 Å². The molecule has 2 aromatic rings. The van der Waals surface area contributed by atoms with Gasteiger partial charge in [0.25, 0.3) is 5.91 Å². The number of nitrogens with zero attached hydrogens (tertiary/aromatic N) is 2. The molecule has 2 rings (SSSR count). The van der Waals surface area contributed by atoms with Gasteiger partial charge < -0.3 is 10.1 Å². The molecule has 0 atom stereocenters. The summed E-state index contributed by atoms with van der Waals surface area (Å²) in [5, 5.41) is 2.49. The van der Waals surface area contributed by atoms with Crippen LogP contribution in [-0.4, -0.2) is 22.2 Å². The fourth-order valence-corrected chi connectivity index (χ4v) is 1.85. The number of benzene rings is 1. The van der Waals surface area contributed by atoms with Gasteiger partial charge in [-0.3, -0.25) is 9.78 Å². The maximum Gasteiger partial charge on any atom is 0.573 e. The third-order valence-electron chi connectivity index (χ3n) is 2.22. The lowest BCUT2D eigenvalue weighted by molar-refractivity contribution is -0.274. The largest absolute Gasteiger partial charge is 0.573 e. The number of hydrogen-bond donors (Lipinski definition) is 1. The maximum absolute atomic E-state index is 12.1. The predicted molar refractivity (Wildman–Crippen MR) is 70.8 cm³/mol. The number of amides is 1. The quantitative estimate of drug-likeness (QED) is 0.909. The number of hydrogen-bond acceptors (Lipinski definition) is 4. The molecule has 1 aromatic carbocycles. The van der Waals surface area contributed by atoms with E-state index in [0.29, 0.717) is 0 Å². The molecule has 1 aromatic heterocycles. The van der Waals surface area contributed by atoms with E-state index in [-0.39, 0.29) is 15.9 Å². The van der Waals surface area contributed by atoms with Crippen LogP contribution in [-0.2, 0) is 0 Å². The Balaban J connectivity index is 2.13. The normalized spacial score (nSPS) is 11.0. The Morgan fingerprint density at radius 3 is 2.62 bits per heavy atom.